The second kappa shape index (κ2) is 7.26. The standard InChI is InChI=1S/C11H21NO3/c1-4-9(7-11(14)15)12-10(13)6-5-8(2)3/h8-9H,4-7H2,1-3H3,(H,12,13)(H,14,15). The summed E-state index contributed by atoms with van der Waals surface area (Å²) in [6.07, 6.45) is 1.98. The second-order valence-corrected chi connectivity index (χ2v) is 4.20. The average Bonchev–Trinajstić information content (AvgIpc) is 2.13. The lowest BCUT2D eigenvalue weighted by atomic mass is 10.1. The summed E-state index contributed by atoms with van der Waals surface area (Å²) in [6.45, 7) is 5.99. The molecule has 1 unspecified atom stereocenters. The van der Waals surface area contributed by atoms with Gasteiger partial charge in [-0.3, -0.25) is 9.59 Å². The summed E-state index contributed by atoms with van der Waals surface area (Å²) in [6, 6.07) is -0.234. The van der Waals surface area contributed by atoms with Crippen molar-refractivity contribution in [3.63, 3.8) is 0 Å². The topological polar surface area (TPSA) is 66.4 Å². The number of aliphatic carboxylic acids is 1. The molecule has 0 heterocycles. The average molecular weight is 215 g/mol. The fraction of sp³-hybridized carbons (Fsp3) is 0.818. The Labute approximate surface area is 91.1 Å². The van der Waals surface area contributed by atoms with Crippen molar-refractivity contribution < 1.29 is 14.7 Å². The van der Waals surface area contributed by atoms with Gasteiger partial charge in [-0.1, -0.05) is 20.8 Å². The van der Waals surface area contributed by atoms with E-state index in [0.717, 1.165) is 6.42 Å². The molecule has 1 amide bonds. The maximum Gasteiger partial charge on any atom is 0.305 e. The molecule has 88 valence electrons. The van der Waals surface area contributed by atoms with Crippen LogP contribution in [0.5, 0.6) is 0 Å². The first-order valence-corrected chi connectivity index (χ1v) is 5.46. The Morgan fingerprint density at radius 1 is 1.33 bits per heavy atom. The van der Waals surface area contributed by atoms with Gasteiger partial charge in [0.25, 0.3) is 0 Å². The van der Waals surface area contributed by atoms with Crippen LogP contribution in [0.3, 0.4) is 0 Å². The second-order valence-electron chi connectivity index (χ2n) is 4.20. The third-order valence-corrected chi connectivity index (χ3v) is 2.23. The summed E-state index contributed by atoms with van der Waals surface area (Å²) in [7, 11) is 0. The Balaban J connectivity index is 3.85. The third-order valence-electron chi connectivity index (χ3n) is 2.23. The fourth-order valence-corrected chi connectivity index (χ4v) is 1.23. The summed E-state index contributed by atoms with van der Waals surface area (Å²) in [4.78, 5) is 21.9. The van der Waals surface area contributed by atoms with Gasteiger partial charge < -0.3 is 10.4 Å². The number of hydrogen-bond donors (Lipinski definition) is 2. The first kappa shape index (κ1) is 13.9. The maximum absolute atomic E-state index is 11.4. The molecule has 0 aliphatic rings. The molecule has 0 rings (SSSR count). The number of nitrogens with one attached hydrogen (secondary N) is 1. The molecule has 0 aliphatic carbocycles. The summed E-state index contributed by atoms with van der Waals surface area (Å²) in [5.41, 5.74) is 0. The summed E-state index contributed by atoms with van der Waals surface area (Å²) < 4.78 is 0. The smallest absolute Gasteiger partial charge is 0.305 e. The van der Waals surface area contributed by atoms with Crippen molar-refractivity contribution in [2.75, 3.05) is 0 Å². The number of rotatable bonds is 7. The highest BCUT2D eigenvalue weighted by molar-refractivity contribution is 5.77. The zero-order valence-corrected chi connectivity index (χ0v) is 9.75. The Morgan fingerprint density at radius 2 is 1.93 bits per heavy atom. The monoisotopic (exact) mass is 215 g/mol. The molecule has 0 bridgehead atoms. The van der Waals surface area contributed by atoms with Gasteiger partial charge in [0.05, 0.1) is 6.42 Å². The lowest BCUT2D eigenvalue weighted by molar-refractivity contribution is -0.137. The first-order chi connectivity index (χ1) is 6.95. The molecule has 2 N–H and O–H groups in total. The van der Waals surface area contributed by atoms with E-state index in [-0.39, 0.29) is 18.4 Å². The van der Waals surface area contributed by atoms with Crippen LogP contribution in [0.4, 0.5) is 0 Å². The number of carboxylic acid groups (broad SMARTS) is 1. The lowest BCUT2D eigenvalue weighted by Gasteiger charge is -2.15. The van der Waals surface area contributed by atoms with Crippen LogP contribution in [0.15, 0.2) is 0 Å². The SMILES string of the molecule is CCC(CC(=O)O)NC(=O)CCC(C)C. The van der Waals surface area contributed by atoms with Crippen LogP contribution in [-0.4, -0.2) is 23.0 Å². The van der Waals surface area contributed by atoms with Gasteiger partial charge in [0.15, 0.2) is 0 Å². The predicted molar refractivity (Wildman–Crippen MR) is 58.5 cm³/mol. The van der Waals surface area contributed by atoms with Crippen molar-refractivity contribution in [1.82, 2.24) is 5.32 Å². The molecule has 0 aromatic carbocycles. The van der Waals surface area contributed by atoms with Gasteiger partial charge in [-0.2, -0.15) is 0 Å². The van der Waals surface area contributed by atoms with Crippen LogP contribution in [0.25, 0.3) is 0 Å². The largest absolute Gasteiger partial charge is 0.481 e. The van der Waals surface area contributed by atoms with Crippen LogP contribution in [-0.2, 0) is 9.59 Å². The Hall–Kier alpha value is -1.06. The number of carbonyl (C=O) groups excluding carboxylic acids is 1. The molecule has 0 aliphatic heterocycles. The van der Waals surface area contributed by atoms with E-state index in [9.17, 15) is 9.59 Å². The summed E-state index contributed by atoms with van der Waals surface area (Å²) >= 11 is 0. The van der Waals surface area contributed by atoms with Crippen molar-refractivity contribution in [3.8, 4) is 0 Å². The zero-order valence-electron chi connectivity index (χ0n) is 9.75. The highest BCUT2D eigenvalue weighted by Crippen LogP contribution is 2.04. The highest BCUT2D eigenvalue weighted by Gasteiger charge is 2.13. The molecule has 0 saturated carbocycles. The van der Waals surface area contributed by atoms with Gasteiger partial charge >= 0.3 is 5.97 Å². The van der Waals surface area contributed by atoms with Crippen LogP contribution >= 0.6 is 0 Å². The van der Waals surface area contributed by atoms with Gasteiger partial charge in [-0.15, -0.1) is 0 Å². The number of amides is 1. The lowest BCUT2D eigenvalue weighted by Crippen LogP contribution is -2.36. The molecule has 0 aromatic heterocycles. The van der Waals surface area contributed by atoms with Gasteiger partial charge in [0.1, 0.15) is 0 Å². The van der Waals surface area contributed by atoms with E-state index in [1.807, 2.05) is 6.92 Å². The van der Waals surface area contributed by atoms with Gasteiger partial charge in [-0.25, -0.2) is 0 Å². The minimum absolute atomic E-state index is 0.00389. The number of carboxylic acids is 1. The van der Waals surface area contributed by atoms with Crippen LogP contribution in [0.1, 0.15) is 46.5 Å². The zero-order chi connectivity index (χ0) is 11.8. The summed E-state index contributed by atoms with van der Waals surface area (Å²) in [5.74, 6) is -0.418. The number of carbonyl (C=O) groups is 2. The van der Waals surface area contributed by atoms with Gasteiger partial charge in [-0.05, 0) is 18.8 Å². The van der Waals surface area contributed by atoms with Crippen molar-refractivity contribution in [1.29, 1.82) is 0 Å². The Morgan fingerprint density at radius 3 is 2.33 bits per heavy atom. The minimum atomic E-state index is -0.869. The Kier molecular flexibility index (Phi) is 6.75. The van der Waals surface area contributed by atoms with E-state index in [4.69, 9.17) is 5.11 Å². The molecule has 4 heteroatoms. The first-order valence-electron chi connectivity index (χ1n) is 5.46. The molecule has 0 saturated heterocycles. The molecule has 0 aromatic rings. The molecule has 0 spiro atoms. The van der Waals surface area contributed by atoms with E-state index in [2.05, 4.69) is 19.2 Å². The Bertz CT molecular complexity index is 214. The van der Waals surface area contributed by atoms with E-state index in [0.29, 0.717) is 18.8 Å². The fourth-order valence-electron chi connectivity index (χ4n) is 1.23. The third kappa shape index (κ3) is 7.97. The van der Waals surface area contributed by atoms with Crippen molar-refractivity contribution in [2.45, 2.75) is 52.5 Å². The van der Waals surface area contributed by atoms with E-state index in [1.54, 1.807) is 0 Å². The van der Waals surface area contributed by atoms with Crippen molar-refractivity contribution >= 4 is 11.9 Å². The molecular formula is C11H21NO3. The summed E-state index contributed by atoms with van der Waals surface area (Å²) in [5, 5.41) is 11.3. The van der Waals surface area contributed by atoms with Gasteiger partial charge in [0, 0.05) is 12.5 Å². The molecule has 1 atom stereocenters. The molecule has 0 fully saturated rings. The molecule has 0 radical (unpaired) electrons. The predicted octanol–water partition coefficient (Wildman–Crippen LogP) is 1.79. The normalized spacial score (nSPS) is 12.5. The van der Waals surface area contributed by atoms with Gasteiger partial charge in [0.2, 0.25) is 5.91 Å². The molecule has 4 nitrogen and oxygen atoms in total. The molecular weight excluding hydrogens is 194 g/mol. The van der Waals surface area contributed by atoms with Crippen molar-refractivity contribution in [3.05, 3.63) is 0 Å². The highest BCUT2D eigenvalue weighted by atomic mass is 16.4. The van der Waals surface area contributed by atoms with Crippen LogP contribution in [0, 0.1) is 5.92 Å². The van der Waals surface area contributed by atoms with E-state index < -0.39 is 5.97 Å². The van der Waals surface area contributed by atoms with Crippen LogP contribution < -0.4 is 5.32 Å². The molecule has 15 heavy (non-hydrogen) atoms. The van der Waals surface area contributed by atoms with E-state index >= 15 is 0 Å². The van der Waals surface area contributed by atoms with Crippen molar-refractivity contribution in [2.24, 2.45) is 5.92 Å². The quantitative estimate of drug-likeness (QED) is 0.680. The minimum Gasteiger partial charge on any atom is -0.481 e. The maximum atomic E-state index is 11.4. The number of hydrogen-bond acceptors (Lipinski definition) is 2. The van der Waals surface area contributed by atoms with Crippen LogP contribution in [0.2, 0.25) is 0 Å². The van der Waals surface area contributed by atoms with E-state index in [1.165, 1.54) is 0 Å².